The number of furan rings is 1. The lowest BCUT2D eigenvalue weighted by Gasteiger charge is -2.19. The van der Waals surface area contributed by atoms with Crippen LogP contribution in [0.15, 0.2) is 51.5 Å². The van der Waals surface area contributed by atoms with Gasteiger partial charge in [0.15, 0.2) is 5.76 Å². The molecule has 0 spiro atoms. The van der Waals surface area contributed by atoms with Gasteiger partial charge in [-0.1, -0.05) is 19.1 Å². The Kier molecular flexibility index (Phi) is 5.80. The van der Waals surface area contributed by atoms with Gasteiger partial charge in [0.05, 0.1) is 19.4 Å². The van der Waals surface area contributed by atoms with Gasteiger partial charge in [-0.3, -0.25) is 9.69 Å². The Labute approximate surface area is 152 Å². The molecule has 0 aliphatic carbocycles. The van der Waals surface area contributed by atoms with Crippen molar-refractivity contribution in [2.75, 3.05) is 18.4 Å². The molecule has 136 valence electrons. The molecule has 0 bridgehead atoms. The quantitative estimate of drug-likeness (QED) is 0.666. The van der Waals surface area contributed by atoms with Gasteiger partial charge in [0.1, 0.15) is 0 Å². The van der Waals surface area contributed by atoms with Crippen molar-refractivity contribution in [2.24, 2.45) is 0 Å². The molecule has 26 heavy (non-hydrogen) atoms. The minimum absolute atomic E-state index is 0.0742. The van der Waals surface area contributed by atoms with Gasteiger partial charge in [-0.05, 0) is 49.7 Å². The number of benzene rings is 1. The monoisotopic (exact) mass is 354 g/mol. The van der Waals surface area contributed by atoms with Crippen LogP contribution < -0.4 is 5.32 Å². The summed E-state index contributed by atoms with van der Waals surface area (Å²) in [5.74, 6) is 1.25. The minimum atomic E-state index is -0.0742. The third-order valence-electron chi connectivity index (χ3n) is 3.77. The average Bonchev–Trinajstić information content (AvgIpc) is 3.26. The maximum atomic E-state index is 12.4. The number of aromatic nitrogens is 2. The Morgan fingerprint density at radius 1 is 1.23 bits per heavy atom. The summed E-state index contributed by atoms with van der Waals surface area (Å²) in [5.41, 5.74) is 1.90. The molecule has 2 aromatic heterocycles. The minimum Gasteiger partial charge on any atom is -0.459 e. The summed E-state index contributed by atoms with van der Waals surface area (Å²) >= 11 is 0. The van der Waals surface area contributed by atoms with Gasteiger partial charge in [-0.2, -0.15) is 0 Å². The number of carbonyl (C=O) groups excluding carboxylic acids is 1. The molecule has 3 aromatic rings. The Hall–Kier alpha value is -2.93. The molecule has 0 unspecified atom stereocenters. The van der Waals surface area contributed by atoms with Crippen LogP contribution in [-0.4, -0.2) is 34.1 Å². The predicted molar refractivity (Wildman–Crippen MR) is 97.4 cm³/mol. The second kappa shape index (κ2) is 8.44. The fraction of sp³-hybridized carbons (Fsp3) is 0.316. The zero-order valence-corrected chi connectivity index (χ0v) is 14.9. The highest BCUT2D eigenvalue weighted by Gasteiger charge is 2.16. The van der Waals surface area contributed by atoms with E-state index < -0.39 is 0 Å². The SMILES string of the molecule is CCCN(CC(=O)Nc1cccc(C)c1)Cc1nnc(-c2ccco2)o1. The summed E-state index contributed by atoms with van der Waals surface area (Å²) in [7, 11) is 0. The lowest BCUT2D eigenvalue weighted by atomic mass is 10.2. The molecule has 2 heterocycles. The summed E-state index contributed by atoms with van der Waals surface area (Å²) in [6.45, 7) is 5.46. The number of aryl methyl sites for hydroxylation is 1. The molecule has 7 nitrogen and oxygen atoms in total. The summed E-state index contributed by atoms with van der Waals surface area (Å²) < 4.78 is 10.9. The van der Waals surface area contributed by atoms with E-state index in [1.807, 2.05) is 36.1 Å². The third kappa shape index (κ3) is 4.80. The molecule has 0 saturated carbocycles. The van der Waals surface area contributed by atoms with E-state index >= 15 is 0 Å². The largest absolute Gasteiger partial charge is 0.459 e. The molecule has 1 aromatic carbocycles. The van der Waals surface area contributed by atoms with Crippen molar-refractivity contribution in [3.63, 3.8) is 0 Å². The van der Waals surface area contributed by atoms with Gasteiger partial charge < -0.3 is 14.2 Å². The van der Waals surface area contributed by atoms with E-state index in [1.54, 1.807) is 18.4 Å². The standard InChI is InChI=1S/C19H22N4O3/c1-3-9-23(12-17(24)20-15-7-4-6-14(2)11-15)13-18-21-22-19(26-18)16-8-5-10-25-16/h4-8,10-11H,3,9,12-13H2,1-2H3,(H,20,24). The zero-order valence-electron chi connectivity index (χ0n) is 14.9. The van der Waals surface area contributed by atoms with Crippen molar-refractivity contribution in [2.45, 2.75) is 26.8 Å². The van der Waals surface area contributed by atoms with Crippen molar-refractivity contribution in [3.05, 3.63) is 54.1 Å². The topological polar surface area (TPSA) is 84.4 Å². The second-order valence-electron chi connectivity index (χ2n) is 6.11. The van der Waals surface area contributed by atoms with Crippen LogP contribution in [0, 0.1) is 6.92 Å². The van der Waals surface area contributed by atoms with E-state index in [1.165, 1.54) is 0 Å². The Balaban J connectivity index is 1.61. The van der Waals surface area contributed by atoms with Crippen LogP contribution in [0.25, 0.3) is 11.7 Å². The Bertz CT molecular complexity index is 842. The van der Waals surface area contributed by atoms with E-state index in [9.17, 15) is 4.79 Å². The van der Waals surface area contributed by atoms with Gasteiger partial charge in [-0.25, -0.2) is 0 Å². The maximum Gasteiger partial charge on any atom is 0.283 e. The van der Waals surface area contributed by atoms with Gasteiger partial charge in [-0.15, -0.1) is 10.2 Å². The first-order chi connectivity index (χ1) is 12.6. The van der Waals surface area contributed by atoms with E-state index in [-0.39, 0.29) is 12.5 Å². The number of nitrogens with zero attached hydrogens (tertiary/aromatic N) is 3. The van der Waals surface area contributed by atoms with Crippen LogP contribution in [-0.2, 0) is 11.3 Å². The lowest BCUT2D eigenvalue weighted by Crippen LogP contribution is -2.33. The van der Waals surface area contributed by atoms with Gasteiger partial charge in [0.25, 0.3) is 5.89 Å². The first-order valence-electron chi connectivity index (χ1n) is 8.59. The number of anilines is 1. The molecule has 7 heteroatoms. The van der Waals surface area contributed by atoms with Crippen LogP contribution in [0.4, 0.5) is 5.69 Å². The van der Waals surface area contributed by atoms with Gasteiger partial charge >= 0.3 is 0 Å². The zero-order chi connectivity index (χ0) is 18.4. The number of rotatable bonds is 8. The molecule has 0 saturated heterocycles. The van der Waals surface area contributed by atoms with Crippen molar-refractivity contribution in [3.8, 4) is 11.7 Å². The molecular formula is C19H22N4O3. The molecule has 1 N–H and O–H groups in total. The van der Waals surface area contributed by atoms with Crippen molar-refractivity contribution in [1.82, 2.24) is 15.1 Å². The van der Waals surface area contributed by atoms with E-state index in [2.05, 4.69) is 22.4 Å². The molecule has 0 aliphatic rings. The van der Waals surface area contributed by atoms with E-state index in [4.69, 9.17) is 8.83 Å². The summed E-state index contributed by atoms with van der Waals surface area (Å²) in [4.78, 5) is 14.3. The number of carbonyl (C=O) groups is 1. The molecule has 0 radical (unpaired) electrons. The molecule has 1 amide bonds. The second-order valence-corrected chi connectivity index (χ2v) is 6.11. The first kappa shape index (κ1) is 17.9. The highest BCUT2D eigenvalue weighted by molar-refractivity contribution is 5.92. The average molecular weight is 354 g/mol. The normalized spacial score (nSPS) is 11.0. The fourth-order valence-electron chi connectivity index (χ4n) is 2.67. The highest BCUT2D eigenvalue weighted by Crippen LogP contribution is 2.18. The number of hydrogen-bond acceptors (Lipinski definition) is 6. The number of amides is 1. The van der Waals surface area contributed by atoms with Gasteiger partial charge in [0.2, 0.25) is 11.8 Å². The summed E-state index contributed by atoms with van der Waals surface area (Å²) in [6.07, 6.45) is 2.47. The fourth-order valence-corrected chi connectivity index (χ4v) is 2.67. The van der Waals surface area contributed by atoms with Crippen LogP contribution in [0.1, 0.15) is 24.8 Å². The highest BCUT2D eigenvalue weighted by atomic mass is 16.4. The Morgan fingerprint density at radius 2 is 2.12 bits per heavy atom. The van der Waals surface area contributed by atoms with Gasteiger partial charge in [0, 0.05) is 5.69 Å². The predicted octanol–water partition coefficient (Wildman–Crippen LogP) is 3.49. The van der Waals surface area contributed by atoms with Crippen LogP contribution >= 0.6 is 0 Å². The summed E-state index contributed by atoms with van der Waals surface area (Å²) in [6, 6.07) is 11.3. The molecule has 3 rings (SSSR count). The van der Waals surface area contributed by atoms with Crippen LogP contribution in [0.5, 0.6) is 0 Å². The van der Waals surface area contributed by atoms with Crippen molar-refractivity contribution < 1.29 is 13.6 Å². The van der Waals surface area contributed by atoms with Crippen molar-refractivity contribution >= 4 is 11.6 Å². The first-order valence-corrected chi connectivity index (χ1v) is 8.59. The molecule has 0 aliphatic heterocycles. The number of hydrogen-bond donors (Lipinski definition) is 1. The maximum absolute atomic E-state index is 12.4. The van der Waals surface area contributed by atoms with E-state index in [0.717, 1.165) is 24.2 Å². The Morgan fingerprint density at radius 3 is 2.85 bits per heavy atom. The molecule has 0 fully saturated rings. The molecule has 0 atom stereocenters. The van der Waals surface area contributed by atoms with Crippen LogP contribution in [0.3, 0.4) is 0 Å². The lowest BCUT2D eigenvalue weighted by molar-refractivity contribution is -0.117. The van der Waals surface area contributed by atoms with Crippen molar-refractivity contribution in [1.29, 1.82) is 0 Å². The third-order valence-corrected chi connectivity index (χ3v) is 3.77. The molecular weight excluding hydrogens is 332 g/mol. The summed E-state index contributed by atoms with van der Waals surface area (Å²) in [5, 5.41) is 11.0. The number of nitrogens with one attached hydrogen (secondary N) is 1. The van der Waals surface area contributed by atoms with Crippen LogP contribution in [0.2, 0.25) is 0 Å². The smallest absolute Gasteiger partial charge is 0.283 e. The van der Waals surface area contributed by atoms with E-state index in [0.29, 0.717) is 24.1 Å².